The first-order chi connectivity index (χ1) is 14.5. The summed E-state index contributed by atoms with van der Waals surface area (Å²) in [5.41, 5.74) is 7.75. The highest BCUT2D eigenvalue weighted by atomic mass is 16.1. The van der Waals surface area contributed by atoms with E-state index in [9.17, 15) is 4.79 Å². The molecule has 0 atom stereocenters. The third kappa shape index (κ3) is 3.12. The van der Waals surface area contributed by atoms with Crippen LogP contribution in [0.1, 0.15) is 28.1 Å². The van der Waals surface area contributed by atoms with Gasteiger partial charge in [0, 0.05) is 66.7 Å². The van der Waals surface area contributed by atoms with E-state index in [0.717, 1.165) is 41.2 Å². The minimum Gasteiger partial charge on any atom is -0.350 e. The molecule has 0 unspecified atom stereocenters. The molecule has 0 N–H and O–H groups in total. The molecule has 1 aliphatic rings. The number of hydrogen-bond acceptors (Lipinski definition) is 6. The highest BCUT2D eigenvalue weighted by Gasteiger charge is 2.22. The van der Waals surface area contributed by atoms with Crippen molar-refractivity contribution >= 4 is 11.5 Å². The van der Waals surface area contributed by atoms with Crippen LogP contribution in [0.3, 0.4) is 0 Å². The zero-order valence-electron chi connectivity index (χ0n) is 17.3. The zero-order valence-corrected chi connectivity index (χ0v) is 17.3. The molecule has 0 bridgehead atoms. The summed E-state index contributed by atoms with van der Waals surface area (Å²) in [4.78, 5) is 28.0. The van der Waals surface area contributed by atoms with Gasteiger partial charge in [-0.2, -0.15) is 4.52 Å². The summed E-state index contributed by atoms with van der Waals surface area (Å²) in [6.45, 7) is 7.42. The number of aromatic nitrogens is 5. The first kappa shape index (κ1) is 18.4. The Kier molecular flexibility index (Phi) is 4.31. The van der Waals surface area contributed by atoms with Crippen LogP contribution in [0.4, 0.5) is 5.82 Å². The van der Waals surface area contributed by atoms with Crippen LogP contribution in [0.2, 0.25) is 0 Å². The van der Waals surface area contributed by atoms with E-state index in [4.69, 9.17) is 4.98 Å². The Balaban J connectivity index is 1.54. The van der Waals surface area contributed by atoms with Gasteiger partial charge in [-0.1, -0.05) is 0 Å². The molecule has 0 spiro atoms. The highest BCUT2D eigenvalue weighted by molar-refractivity contribution is 5.66. The van der Waals surface area contributed by atoms with E-state index in [2.05, 4.69) is 33.0 Å². The second-order valence-corrected chi connectivity index (χ2v) is 7.85. The van der Waals surface area contributed by atoms with Crippen molar-refractivity contribution in [3.8, 4) is 11.1 Å². The summed E-state index contributed by atoms with van der Waals surface area (Å²) >= 11 is 0. The Labute approximate surface area is 174 Å². The highest BCUT2D eigenvalue weighted by Crippen LogP contribution is 2.29. The number of fused-ring (bicyclic) bond motifs is 2. The summed E-state index contributed by atoms with van der Waals surface area (Å²) in [6.07, 6.45) is 6.46. The third-order valence-corrected chi connectivity index (χ3v) is 5.63. The van der Waals surface area contributed by atoms with Crippen LogP contribution in [0.15, 0.2) is 47.7 Å². The van der Waals surface area contributed by atoms with Gasteiger partial charge in [0.1, 0.15) is 0 Å². The average Bonchev–Trinajstić information content (AvgIpc) is 2.73. The lowest BCUT2D eigenvalue weighted by Gasteiger charge is -2.30. The van der Waals surface area contributed by atoms with Crippen LogP contribution >= 0.6 is 0 Å². The number of pyridine rings is 2. The van der Waals surface area contributed by atoms with Gasteiger partial charge in [-0.15, -0.1) is 5.10 Å². The van der Waals surface area contributed by atoms with Crippen LogP contribution in [0.5, 0.6) is 0 Å². The van der Waals surface area contributed by atoms with Crippen LogP contribution < -0.4 is 10.5 Å². The van der Waals surface area contributed by atoms with Gasteiger partial charge < -0.3 is 4.90 Å². The molecule has 30 heavy (non-hydrogen) atoms. The molecule has 7 nitrogen and oxygen atoms in total. The normalized spacial score (nSPS) is 13.5. The lowest BCUT2D eigenvalue weighted by atomic mass is 9.99. The molecule has 4 aromatic rings. The summed E-state index contributed by atoms with van der Waals surface area (Å²) in [7, 11) is 0. The van der Waals surface area contributed by atoms with Gasteiger partial charge in [0.25, 0.3) is 5.56 Å². The minimum atomic E-state index is -0.160. The van der Waals surface area contributed by atoms with Gasteiger partial charge in [0.15, 0.2) is 11.5 Å². The maximum absolute atomic E-state index is 12.4. The quantitative estimate of drug-likeness (QED) is 0.517. The van der Waals surface area contributed by atoms with Crippen LogP contribution in [0, 0.1) is 20.8 Å². The lowest BCUT2D eigenvalue weighted by molar-refractivity contribution is 0.685. The Bertz CT molecular complexity index is 1340. The average molecular weight is 398 g/mol. The van der Waals surface area contributed by atoms with Gasteiger partial charge in [-0.3, -0.25) is 14.8 Å². The maximum Gasteiger partial charge on any atom is 0.274 e. The van der Waals surface area contributed by atoms with Crippen molar-refractivity contribution in [2.24, 2.45) is 0 Å². The van der Waals surface area contributed by atoms with Crippen molar-refractivity contribution in [2.75, 3.05) is 11.4 Å². The zero-order chi connectivity index (χ0) is 20.8. The molecule has 5 rings (SSSR count). The molecule has 0 aliphatic carbocycles. The Morgan fingerprint density at radius 2 is 1.90 bits per heavy atom. The van der Waals surface area contributed by atoms with Crippen molar-refractivity contribution in [1.82, 2.24) is 24.6 Å². The van der Waals surface area contributed by atoms with Crippen molar-refractivity contribution < 1.29 is 0 Å². The van der Waals surface area contributed by atoms with Gasteiger partial charge in [-0.25, -0.2) is 4.98 Å². The maximum atomic E-state index is 12.4. The Morgan fingerprint density at radius 3 is 2.73 bits per heavy atom. The first-order valence-corrected chi connectivity index (χ1v) is 10.0. The molecule has 0 aromatic carbocycles. The topological polar surface area (TPSA) is 76.3 Å². The van der Waals surface area contributed by atoms with Crippen LogP contribution in [0.25, 0.3) is 16.8 Å². The minimum absolute atomic E-state index is 0.160. The summed E-state index contributed by atoms with van der Waals surface area (Å²) in [5, 5.41) is 4.64. The monoisotopic (exact) mass is 398 g/mol. The van der Waals surface area contributed by atoms with E-state index >= 15 is 0 Å². The molecule has 0 saturated heterocycles. The molecule has 7 heteroatoms. The smallest absolute Gasteiger partial charge is 0.274 e. The van der Waals surface area contributed by atoms with Gasteiger partial charge >= 0.3 is 0 Å². The third-order valence-electron chi connectivity index (χ3n) is 5.63. The summed E-state index contributed by atoms with van der Waals surface area (Å²) < 4.78 is 1.39. The van der Waals surface area contributed by atoms with E-state index in [1.165, 1.54) is 21.7 Å². The lowest BCUT2D eigenvalue weighted by Crippen LogP contribution is -2.33. The summed E-state index contributed by atoms with van der Waals surface area (Å²) in [6, 6.07) is 7.65. The van der Waals surface area contributed by atoms with E-state index < -0.39 is 0 Å². The van der Waals surface area contributed by atoms with E-state index in [1.54, 1.807) is 6.20 Å². The molecular weight excluding hydrogens is 376 g/mol. The molecule has 4 aromatic heterocycles. The van der Waals surface area contributed by atoms with Crippen molar-refractivity contribution in [3.05, 3.63) is 81.3 Å². The van der Waals surface area contributed by atoms with Gasteiger partial charge in [-0.05, 0) is 55.7 Å². The SMILES string of the molecule is Cc1cc(=O)n2nc(N3CCc4ncc(-c5cnccc5C)cc4C3)c(C)cc2n1. The standard InChI is InChI=1S/C23H22N6O/c1-14-4-6-24-12-19(14)17-10-18-13-28(7-5-20(18)25-11-17)23-15(2)8-21-26-16(3)9-22(30)29(21)27-23/h4,6,8-12H,5,7,13H2,1-3H3. The Morgan fingerprint density at radius 1 is 1.03 bits per heavy atom. The van der Waals surface area contributed by atoms with Crippen molar-refractivity contribution in [2.45, 2.75) is 33.7 Å². The molecule has 5 heterocycles. The largest absolute Gasteiger partial charge is 0.350 e. The summed E-state index contributed by atoms with van der Waals surface area (Å²) in [5.74, 6) is 0.809. The molecular formula is C23H22N6O. The second-order valence-electron chi connectivity index (χ2n) is 7.85. The second kappa shape index (κ2) is 7.02. The number of nitrogens with zero attached hydrogens (tertiary/aromatic N) is 6. The fourth-order valence-electron chi connectivity index (χ4n) is 4.07. The number of anilines is 1. The van der Waals surface area contributed by atoms with E-state index in [-0.39, 0.29) is 5.56 Å². The molecule has 0 amide bonds. The Hall–Kier alpha value is -3.61. The predicted octanol–water partition coefficient (Wildman–Crippen LogP) is 3.03. The molecule has 0 fully saturated rings. The predicted molar refractivity (Wildman–Crippen MR) is 116 cm³/mol. The number of hydrogen-bond donors (Lipinski definition) is 0. The molecule has 150 valence electrons. The van der Waals surface area contributed by atoms with E-state index in [1.807, 2.05) is 38.4 Å². The van der Waals surface area contributed by atoms with Crippen LogP contribution in [-0.2, 0) is 13.0 Å². The van der Waals surface area contributed by atoms with Gasteiger partial charge in [0.2, 0.25) is 0 Å². The molecule has 0 radical (unpaired) electrons. The fourth-order valence-corrected chi connectivity index (χ4v) is 4.07. The number of rotatable bonds is 2. The van der Waals surface area contributed by atoms with Crippen molar-refractivity contribution in [1.29, 1.82) is 0 Å². The van der Waals surface area contributed by atoms with E-state index in [0.29, 0.717) is 17.9 Å². The fraction of sp³-hybridized carbons (Fsp3) is 0.261. The molecule has 0 saturated carbocycles. The first-order valence-electron chi connectivity index (χ1n) is 10.0. The van der Waals surface area contributed by atoms with Gasteiger partial charge in [0.05, 0.1) is 0 Å². The molecule has 1 aliphatic heterocycles. The van der Waals surface area contributed by atoms with Crippen LogP contribution in [-0.4, -0.2) is 31.1 Å². The van der Waals surface area contributed by atoms with Crippen molar-refractivity contribution in [3.63, 3.8) is 0 Å². The number of aryl methyl sites for hydroxylation is 3.